The molecule has 0 atom stereocenters. The van der Waals surface area contributed by atoms with Crippen molar-refractivity contribution < 1.29 is 19.1 Å². The molecule has 0 spiro atoms. The number of hydrogen-bond donors (Lipinski definition) is 1. The van der Waals surface area contributed by atoms with Crippen LogP contribution in [0, 0.1) is 6.92 Å². The minimum absolute atomic E-state index is 0. The van der Waals surface area contributed by atoms with Crippen molar-refractivity contribution in [3.63, 3.8) is 0 Å². The third-order valence-electron chi connectivity index (χ3n) is 6.01. The van der Waals surface area contributed by atoms with Gasteiger partial charge in [-0.2, -0.15) is 0 Å². The Balaban J connectivity index is 0.00000441. The normalized spacial score (nSPS) is 10.7. The average molecular weight is 599 g/mol. The molecule has 40 heavy (non-hydrogen) atoms. The molecule has 0 bridgehead atoms. The number of rotatable bonds is 9. The molecule has 7 nitrogen and oxygen atoms in total. The number of hydrogen-bond acceptors (Lipinski definition) is 5. The highest BCUT2D eigenvalue weighted by atomic mass is 35.5. The predicted molar refractivity (Wildman–Crippen MR) is 162 cm³/mol. The van der Waals surface area contributed by atoms with Gasteiger partial charge in [-0.25, -0.2) is 4.98 Å². The van der Waals surface area contributed by atoms with Crippen LogP contribution in [0.25, 0.3) is 17.0 Å². The van der Waals surface area contributed by atoms with Gasteiger partial charge in [0.25, 0.3) is 0 Å². The van der Waals surface area contributed by atoms with E-state index in [-0.39, 0.29) is 36.5 Å². The van der Waals surface area contributed by atoms with Crippen LogP contribution in [0.1, 0.15) is 27.2 Å². The predicted octanol–water partition coefficient (Wildman–Crippen LogP) is 6.46. The highest BCUT2D eigenvalue weighted by molar-refractivity contribution is 6.38. The van der Waals surface area contributed by atoms with E-state index in [2.05, 4.69) is 10.3 Å². The number of aromatic nitrogens is 1. The SMILES string of the molecule is Cc1ccc2cccc(OCc3c(Cl)ccc(N(C)C(=O)CNC(=O)C=Cc4ccc(C=O)cc4)c3Cl)c2n1.Cl. The van der Waals surface area contributed by atoms with Crippen LogP contribution in [0.5, 0.6) is 5.75 Å². The maximum atomic E-state index is 12.8. The van der Waals surface area contributed by atoms with Gasteiger partial charge in [0.05, 0.1) is 17.3 Å². The number of halogens is 3. The first-order valence-corrected chi connectivity index (χ1v) is 12.8. The minimum atomic E-state index is -0.438. The summed E-state index contributed by atoms with van der Waals surface area (Å²) in [5.41, 5.74) is 3.84. The van der Waals surface area contributed by atoms with E-state index in [1.165, 1.54) is 11.0 Å². The number of pyridine rings is 1. The smallest absolute Gasteiger partial charge is 0.246 e. The number of para-hydroxylation sites is 1. The van der Waals surface area contributed by atoms with Crippen molar-refractivity contribution in [2.24, 2.45) is 0 Å². The number of ether oxygens (including phenoxy) is 1. The number of amides is 2. The van der Waals surface area contributed by atoms with E-state index in [9.17, 15) is 14.4 Å². The zero-order valence-electron chi connectivity index (χ0n) is 21.7. The Labute approximate surface area is 248 Å². The van der Waals surface area contributed by atoms with Gasteiger partial charge in [0.15, 0.2) is 0 Å². The Kier molecular flexibility index (Phi) is 10.7. The van der Waals surface area contributed by atoms with Crippen LogP contribution in [0.15, 0.2) is 72.8 Å². The fraction of sp³-hybridized carbons (Fsp3) is 0.133. The zero-order chi connectivity index (χ0) is 27.9. The lowest BCUT2D eigenvalue weighted by atomic mass is 10.1. The van der Waals surface area contributed by atoms with Crippen molar-refractivity contribution in [1.82, 2.24) is 10.3 Å². The first-order chi connectivity index (χ1) is 18.8. The minimum Gasteiger partial charge on any atom is -0.487 e. The number of carbonyl (C=O) groups excluding carboxylic acids is 3. The Morgan fingerprint density at radius 2 is 1.73 bits per heavy atom. The lowest BCUT2D eigenvalue weighted by Crippen LogP contribution is -2.37. The van der Waals surface area contributed by atoms with Crippen molar-refractivity contribution in [2.45, 2.75) is 13.5 Å². The van der Waals surface area contributed by atoms with Crippen molar-refractivity contribution in [2.75, 3.05) is 18.5 Å². The molecule has 0 aliphatic heterocycles. The standard InChI is InChI=1S/C30H25Cl2N3O4.ClH/c1-19-6-12-22-4-3-5-26(30(22)34-19)39-18-23-24(31)13-14-25(29(23)32)35(2)28(38)16-33-27(37)15-11-20-7-9-21(17-36)10-8-20;/h3-15,17H,16,18H2,1-2H3,(H,33,37);1H. The number of aryl methyl sites for hydroxylation is 1. The van der Waals surface area contributed by atoms with E-state index in [0.29, 0.717) is 27.6 Å². The van der Waals surface area contributed by atoms with Crippen LogP contribution in [0.2, 0.25) is 10.0 Å². The largest absolute Gasteiger partial charge is 0.487 e. The molecule has 1 N–H and O–H groups in total. The lowest BCUT2D eigenvalue weighted by Gasteiger charge is -2.21. The zero-order valence-corrected chi connectivity index (χ0v) is 24.0. The highest BCUT2D eigenvalue weighted by Gasteiger charge is 2.19. The maximum absolute atomic E-state index is 12.8. The van der Waals surface area contributed by atoms with Crippen molar-refractivity contribution in [3.8, 4) is 5.75 Å². The van der Waals surface area contributed by atoms with Crippen molar-refractivity contribution >= 4 is 76.4 Å². The number of anilines is 1. The summed E-state index contributed by atoms with van der Waals surface area (Å²) in [6.07, 6.45) is 3.65. The fourth-order valence-corrected chi connectivity index (χ4v) is 4.40. The number of likely N-dealkylation sites (N-methyl/N-ethyl adjacent to an activating group) is 1. The Morgan fingerprint density at radius 3 is 2.45 bits per heavy atom. The van der Waals surface area contributed by atoms with Gasteiger partial charge in [-0.15, -0.1) is 12.4 Å². The van der Waals surface area contributed by atoms with E-state index in [1.54, 1.807) is 49.5 Å². The molecule has 4 aromatic rings. The number of nitrogens with zero attached hydrogens (tertiary/aromatic N) is 2. The van der Waals surface area contributed by atoms with Gasteiger partial charge in [0.1, 0.15) is 24.2 Å². The van der Waals surface area contributed by atoms with Crippen LogP contribution < -0.4 is 15.0 Å². The van der Waals surface area contributed by atoms with Crippen LogP contribution in [-0.4, -0.2) is 36.7 Å². The lowest BCUT2D eigenvalue weighted by molar-refractivity contribution is -0.122. The molecule has 4 rings (SSSR count). The van der Waals surface area contributed by atoms with Gasteiger partial charge in [-0.3, -0.25) is 14.4 Å². The molecule has 1 heterocycles. The number of fused-ring (bicyclic) bond motifs is 1. The van der Waals surface area contributed by atoms with E-state index < -0.39 is 5.91 Å². The number of nitrogens with one attached hydrogen (secondary N) is 1. The molecule has 3 aromatic carbocycles. The first-order valence-electron chi connectivity index (χ1n) is 12.0. The highest BCUT2D eigenvalue weighted by Crippen LogP contribution is 2.35. The second-order valence-electron chi connectivity index (χ2n) is 8.72. The molecular formula is C30H26Cl3N3O4. The Hall–Kier alpha value is -3.91. The summed E-state index contributed by atoms with van der Waals surface area (Å²) in [7, 11) is 1.57. The van der Waals surface area contributed by atoms with E-state index >= 15 is 0 Å². The number of benzene rings is 3. The monoisotopic (exact) mass is 597 g/mol. The van der Waals surface area contributed by atoms with Gasteiger partial charge < -0.3 is 15.0 Å². The second-order valence-corrected chi connectivity index (χ2v) is 9.50. The second kappa shape index (κ2) is 13.9. The van der Waals surface area contributed by atoms with Gasteiger partial charge in [-0.05, 0) is 42.8 Å². The molecule has 2 amide bonds. The summed E-state index contributed by atoms with van der Waals surface area (Å²) in [6.45, 7) is 1.74. The summed E-state index contributed by atoms with van der Waals surface area (Å²) in [4.78, 5) is 41.7. The van der Waals surface area contributed by atoms with E-state index in [1.807, 2.05) is 37.3 Å². The average Bonchev–Trinajstić information content (AvgIpc) is 2.94. The molecule has 1 aromatic heterocycles. The molecule has 0 aliphatic rings. The first kappa shape index (κ1) is 30.6. The summed E-state index contributed by atoms with van der Waals surface area (Å²) < 4.78 is 6.06. The van der Waals surface area contributed by atoms with Crippen LogP contribution >= 0.6 is 35.6 Å². The summed E-state index contributed by atoms with van der Waals surface area (Å²) in [5, 5.41) is 4.18. The van der Waals surface area contributed by atoms with Gasteiger partial charge >= 0.3 is 0 Å². The maximum Gasteiger partial charge on any atom is 0.246 e. The Morgan fingerprint density at radius 1 is 1.00 bits per heavy atom. The van der Waals surface area contributed by atoms with E-state index in [4.69, 9.17) is 27.9 Å². The quantitative estimate of drug-likeness (QED) is 0.177. The number of carbonyl (C=O) groups is 3. The van der Waals surface area contributed by atoms with Crippen LogP contribution in [0.3, 0.4) is 0 Å². The number of aldehydes is 1. The molecule has 10 heteroatoms. The molecule has 0 aliphatic carbocycles. The van der Waals surface area contributed by atoms with Gasteiger partial charge in [0.2, 0.25) is 11.8 Å². The molecule has 0 saturated carbocycles. The molecule has 0 unspecified atom stereocenters. The van der Waals surface area contributed by atoms with Gasteiger partial charge in [0, 0.05) is 40.4 Å². The van der Waals surface area contributed by atoms with Crippen molar-refractivity contribution in [1.29, 1.82) is 0 Å². The summed E-state index contributed by atoms with van der Waals surface area (Å²) in [6, 6.07) is 19.6. The fourth-order valence-electron chi connectivity index (χ4n) is 3.79. The third-order valence-corrected chi connectivity index (χ3v) is 6.78. The van der Waals surface area contributed by atoms with Crippen LogP contribution in [-0.2, 0) is 16.2 Å². The summed E-state index contributed by atoms with van der Waals surface area (Å²) in [5.74, 6) is -0.225. The molecule has 206 valence electrons. The summed E-state index contributed by atoms with van der Waals surface area (Å²) >= 11 is 13.1. The molecule has 0 radical (unpaired) electrons. The van der Waals surface area contributed by atoms with Crippen LogP contribution in [0.4, 0.5) is 5.69 Å². The van der Waals surface area contributed by atoms with E-state index in [0.717, 1.165) is 28.4 Å². The molecule has 0 fully saturated rings. The van der Waals surface area contributed by atoms with Gasteiger partial charge in [-0.1, -0.05) is 65.7 Å². The third kappa shape index (κ3) is 7.39. The topological polar surface area (TPSA) is 88.6 Å². The molecule has 0 saturated heterocycles. The van der Waals surface area contributed by atoms with Crippen molar-refractivity contribution in [3.05, 3.63) is 105 Å². The Bertz CT molecular complexity index is 1570. The molecular weight excluding hydrogens is 573 g/mol.